The fourth-order valence-electron chi connectivity index (χ4n) is 2.26. The number of rotatable bonds is 5. The molecule has 0 atom stereocenters. The van der Waals surface area contributed by atoms with Gasteiger partial charge in [-0.1, -0.05) is 11.6 Å². The van der Waals surface area contributed by atoms with E-state index in [1.54, 1.807) is 0 Å². The first-order valence-corrected chi connectivity index (χ1v) is 8.44. The van der Waals surface area contributed by atoms with E-state index >= 15 is 0 Å². The normalized spacial score (nSPS) is 11.2. The second-order valence-electron chi connectivity index (χ2n) is 5.24. The fraction of sp³-hybridized carbons (Fsp3) is 0.118. The number of aromatic nitrogens is 3. The number of hydrogen-bond acceptors (Lipinski definition) is 6. The number of nitrogens with zero attached hydrogens (tertiary/aromatic N) is 3. The smallest absolute Gasteiger partial charge is 0.216 e. The minimum absolute atomic E-state index is 0.0222. The van der Waals surface area contributed by atoms with Gasteiger partial charge in [-0.3, -0.25) is 0 Å². The maximum absolute atomic E-state index is 9.64. The van der Waals surface area contributed by atoms with Gasteiger partial charge < -0.3 is 14.9 Å². The van der Waals surface area contributed by atoms with Crippen molar-refractivity contribution in [1.29, 1.82) is 0 Å². The van der Waals surface area contributed by atoms with Crippen molar-refractivity contribution in [2.45, 2.75) is 6.92 Å². The van der Waals surface area contributed by atoms with E-state index in [9.17, 15) is 10.2 Å². The Labute approximate surface area is 159 Å². The summed E-state index contributed by atoms with van der Waals surface area (Å²) in [6.45, 7) is 2.51. The van der Waals surface area contributed by atoms with Gasteiger partial charge in [0.1, 0.15) is 5.75 Å². The lowest BCUT2D eigenvalue weighted by Crippen LogP contribution is -1.96. The van der Waals surface area contributed by atoms with Crippen molar-refractivity contribution in [3.63, 3.8) is 0 Å². The second-order valence-corrected chi connectivity index (χ2v) is 6.03. The van der Waals surface area contributed by atoms with Crippen molar-refractivity contribution in [2.75, 3.05) is 6.61 Å². The fourth-order valence-corrected chi connectivity index (χ4v) is 2.66. The van der Waals surface area contributed by atoms with Crippen LogP contribution in [0.4, 0.5) is 0 Å². The summed E-state index contributed by atoms with van der Waals surface area (Å²) in [5.41, 5.74) is 1.29. The first-order chi connectivity index (χ1) is 12.5. The molecule has 3 aromatic rings. The molecular weight excluding hydrogens is 376 g/mol. The number of aromatic amines is 1. The Morgan fingerprint density at radius 1 is 1.31 bits per heavy atom. The zero-order chi connectivity index (χ0) is 18.7. The molecule has 0 bridgehead atoms. The Bertz CT molecular complexity index is 989. The van der Waals surface area contributed by atoms with Crippen molar-refractivity contribution in [1.82, 2.24) is 14.9 Å². The van der Waals surface area contributed by atoms with Gasteiger partial charge in [-0.2, -0.15) is 14.9 Å². The highest BCUT2D eigenvalue weighted by atomic mass is 35.5. The molecule has 0 saturated carbocycles. The average molecular weight is 391 g/mol. The molecule has 3 rings (SSSR count). The summed E-state index contributed by atoms with van der Waals surface area (Å²) in [6.07, 6.45) is 1.45. The van der Waals surface area contributed by atoms with E-state index in [2.05, 4.69) is 15.3 Å². The van der Waals surface area contributed by atoms with Crippen LogP contribution < -0.4 is 4.74 Å². The molecule has 3 N–H and O–H groups in total. The molecule has 9 heteroatoms. The molecule has 1 aromatic heterocycles. The quantitative estimate of drug-likeness (QED) is 0.348. The first-order valence-electron chi connectivity index (χ1n) is 7.66. The highest BCUT2D eigenvalue weighted by molar-refractivity contribution is 7.71. The van der Waals surface area contributed by atoms with E-state index in [1.165, 1.54) is 23.0 Å². The summed E-state index contributed by atoms with van der Waals surface area (Å²) in [6, 6.07) is 10.2. The Kier molecular flexibility index (Phi) is 5.24. The minimum Gasteiger partial charge on any atom is -0.504 e. The van der Waals surface area contributed by atoms with Crippen LogP contribution in [0.15, 0.2) is 41.5 Å². The number of hydrogen-bond donors (Lipinski definition) is 3. The van der Waals surface area contributed by atoms with Crippen LogP contribution in [-0.4, -0.2) is 37.9 Å². The van der Waals surface area contributed by atoms with Crippen LogP contribution in [0.25, 0.3) is 11.4 Å². The summed E-state index contributed by atoms with van der Waals surface area (Å²) >= 11 is 11.1. The lowest BCUT2D eigenvalue weighted by atomic mass is 10.2. The molecule has 2 aromatic carbocycles. The predicted molar refractivity (Wildman–Crippen MR) is 102 cm³/mol. The van der Waals surface area contributed by atoms with Gasteiger partial charge in [0.15, 0.2) is 17.3 Å². The van der Waals surface area contributed by atoms with E-state index in [-0.39, 0.29) is 16.5 Å². The minimum atomic E-state index is -0.376. The monoisotopic (exact) mass is 390 g/mol. The topological polar surface area (TPSA) is 95.7 Å². The van der Waals surface area contributed by atoms with Gasteiger partial charge in [0.2, 0.25) is 4.77 Å². The highest BCUT2D eigenvalue weighted by Gasteiger charge is 2.09. The van der Waals surface area contributed by atoms with Crippen molar-refractivity contribution in [3.05, 3.63) is 51.8 Å². The molecule has 0 radical (unpaired) electrons. The number of aromatic hydroxyl groups is 2. The summed E-state index contributed by atoms with van der Waals surface area (Å²) in [5, 5.41) is 30.4. The van der Waals surface area contributed by atoms with Gasteiger partial charge >= 0.3 is 0 Å². The summed E-state index contributed by atoms with van der Waals surface area (Å²) in [5.74, 6) is 0.568. The molecule has 134 valence electrons. The third-order valence-corrected chi connectivity index (χ3v) is 4.01. The number of ether oxygens (including phenoxy) is 1. The molecule has 0 aliphatic rings. The zero-order valence-corrected chi connectivity index (χ0v) is 15.3. The van der Waals surface area contributed by atoms with Crippen LogP contribution in [0, 0.1) is 4.77 Å². The third-order valence-electron chi connectivity index (χ3n) is 3.46. The van der Waals surface area contributed by atoms with Crippen molar-refractivity contribution < 1.29 is 14.9 Å². The number of phenolic OH excluding ortho intramolecular Hbond substituents is 2. The van der Waals surface area contributed by atoms with Gasteiger partial charge in [-0.15, -0.1) is 0 Å². The van der Waals surface area contributed by atoms with Crippen molar-refractivity contribution in [2.24, 2.45) is 5.10 Å². The van der Waals surface area contributed by atoms with Crippen LogP contribution in [0.5, 0.6) is 17.2 Å². The summed E-state index contributed by atoms with van der Waals surface area (Å²) in [7, 11) is 0. The second kappa shape index (κ2) is 7.59. The summed E-state index contributed by atoms with van der Waals surface area (Å²) < 4.78 is 7.18. The Morgan fingerprint density at radius 2 is 2.04 bits per heavy atom. The van der Waals surface area contributed by atoms with Gasteiger partial charge in [-0.25, -0.2) is 5.10 Å². The first kappa shape index (κ1) is 18.0. The predicted octanol–water partition coefficient (Wildman–Crippen LogP) is 3.95. The van der Waals surface area contributed by atoms with Gasteiger partial charge in [0.05, 0.1) is 17.8 Å². The average Bonchev–Trinajstić information content (AvgIpc) is 2.99. The van der Waals surface area contributed by atoms with E-state index in [0.717, 1.165) is 11.3 Å². The third kappa shape index (κ3) is 3.71. The zero-order valence-electron chi connectivity index (χ0n) is 13.7. The highest BCUT2D eigenvalue weighted by Crippen LogP contribution is 2.33. The molecule has 0 aliphatic heterocycles. The molecular formula is C17H15ClN4O3S. The lowest BCUT2D eigenvalue weighted by Gasteiger charge is -2.05. The van der Waals surface area contributed by atoms with Crippen molar-refractivity contribution in [3.8, 4) is 28.6 Å². The maximum atomic E-state index is 9.64. The van der Waals surface area contributed by atoms with E-state index in [1.807, 2.05) is 31.2 Å². The standard InChI is InChI=1S/C17H15ClN4O3S/c1-2-25-12-5-3-11(4-6-12)16-20-21-17(26)22(16)19-9-10-7-13(18)15(24)14(23)8-10/h3-9,23-24H,2H2,1H3,(H,21,26)/b19-9+. The molecule has 0 amide bonds. The van der Waals surface area contributed by atoms with Crippen LogP contribution >= 0.6 is 23.8 Å². The Balaban J connectivity index is 1.94. The largest absolute Gasteiger partial charge is 0.504 e. The molecule has 0 aliphatic carbocycles. The van der Waals surface area contributed by atoms with Crippen LogP contribution in [0.2, 0.25) is 5.02 Å². The molecule has 0 saturated heterocycles. The SMILES string of the molecule is CCOc1ccc(-c2n[nH]c(=S)n2/N=C/c2cc(O)c(O)c(Cl)c2)cc1. The van der Waals surface area contributed by atoms with E-state index in [0.29, 0.717) is 22.8 Å². The molecule has 26 heavy (non-hydrogen) atoms. The van der Waals surface area contributed by atoms with Crippen molar-refractivity contribution >= 4 is 30.0 Å². The van der Waals surface area contributed by atoms with Gasteiger partial charge in [0, 0.05) is 5.56 Å². The Hall–Kier alpha value is -2.84. The molecule has 1 heterocycles. The molecule has 7 nitrogen and oxygen atoms in total. The lowest BCUT2D eigenvalue weighted by molar-refractivity contribution is 0.340. The van der Waals surface area contributed by atoms with Gasteiger partial charge in [-0.05, 0) is 61.1 Å². The van der Waals surface area contributed by atoms with Gasteiger partial charge in [0.25, 0.3) is 0 Å². The Morgan fingerprint density at radius 3 is 2.69 bits per heavy atom. The molecule has 0 fully saturated rings. The van der Waals surface area contributed by atoms with Crippen LogP contribution in [0.3, 0.4) is 0 Å². The number of benzene rings is 2. The van der Waals surface area contributed by atoms with E-state index < -0.39 is 0 Å². The number of halogens is 1. The number of H-pyrrole nitrogens is 1. The molecule has 0 unspecified atom stereocenters. The van der Waals surface area contributed by atoms with E-state index in [4.69, 9.17) is 28.6 Å². The van der Waals surface area contributed by atoms with Crippen LogP contribution in [-0.2, 0) is 0 Å². The number of phenols is 2. The summed E-state index contributed by atoms with van der Waals surface area (Å²) in [4.78, 5) is 0. The number of nitrogens with one attached hydrogen (secondary N) is 1. The van der Waals surface area contributed by atoms with Crippen LogP contribution in [0.1, 0.15) is 12.5 Å². The molecule has 0 spiro atoms. The maximum Gasteiger partial charge on any atom is 0.216 e.